The molecule has 9 heteroatoms. The summed E-state index contributed by atoms with van der Waals surface area (Å²) in [5.74, 6) is -0.553. The van der Waals surface area contributed by atoms with Gasteiger partial charge in [0, 0.05) is 4.88 Å². The van der Waals surface area contributed by atoms with E-state index in [1.807, 2.05) is 13.8 Å². The van der Waals surface area contributed by atoms with Crippen LogP contribution in [0.2, 0.25) is 0 Å². The van der Waals surface area contributed by atoms with Crippen LogP contribution in [-0.2, 0) is 20.9 Å². The molecule has 3 aromatic heterocycles. The molecular weight excluding hydrogens is 370 g/mol. The van der Waals surface area contributed by atoms with Gasteiger partial charge in [-0.05, 0) is 38.5 Å². The van der Waals surface area contributed by atoms with Crippen molar-refractivity contribution in [2.75, 3.05) is 6.61 Å². The van der Waals surface area contributed by atoms with E-state index in [4.69, 9.17) is 9.15 Å². The van der Waals surface area contributed by atoms with E-state index in [0.717, 1.165) is 10.4 Å². The minimum Gasteiger partial charge on any atom is -0.467 e. The first-order valence-electron chi connectivity index (χ1n) is 8.30. The van der Waals surface area contributed by atoms with Gasteiger partial charge in [-0.2, -0.15) is 0 Å². The maximum absolute atomic E-state index is 12.5. The van der Waals surface area contributed by atoms with Gasteiger partial charge >= 0.3 is 5.97 Å². The highest BCUT2D eigenvalue weighted by Crippen LogP contribution is 2.25. The van der Waals surface area contributed by atoms with E-state index in [0.29, 0.717) is 16.0 Å². The standard InChI is InChI=1S/C18H19N3O5S/c1-10-12(3)27-17-16(10)18(24)21(9-19-17)7-15(23)26-8-14(22)20-11(2)13-5-4-6-25-13/h4-6,9,11H,7-8H2,1-3H3,(H,20,22)/t11-/m0/s1. The Morgan fingerprint density at radius 3 is 2.89 bits per heavy atom. The molecule has 0 aliphatic carbocycles. The number of hydrogen-bond acceptors (Lipinski definition) is 7. The molecule has 3 heterocycles. The monoisotopic (exact) mass is 389 g/mol. The molecule has 1 N–H and O–H groups in total. The molecule has 3 rings (SSSR count). The molecule has 8 nitrogen and oxygen atoms in total. The fourth-order valence-electron chi connectivity index (χ4n) is 2.61. The smallest absolute Gasteiger partial charge is 0.326 e. The van der Waals surface area contributed by atoms with Gasteiger partial charge < -0.3 is 14.5 Å². The quantitative estimate of drug-likeness (QED) is 0.648. The van der Waals surface area contributed by atoms with Crippen LogP contribution in [0.3, 0.4) is 0 Å². The van der Waals surface area contributed by atoms with Gasteiger partial charge in [-0.1, -0.05) is 0 Å². The summed E-state index contributed by atoms with van der Waals surface area (Å²) < 4.78 is 11.3. The van der Waals surface area contributed by atoms with Crippen molar-refractivity contribution in [3.05, 3.63) is 51.3 Å². The number of rotatable bonds is 6. The van der Waals surface area contributed by atoms with Crippen molar-refractivity contribution < 1.29 is 18.7 Å². The number of thiophene rings is 1. The van der Waals surface area contributed by atoms with Gasteiger partial charge in [-0.3, -0.25) is 19.0 Å². The van der Waals surface area contributed by atoms with Crippen LogP contribution in [0, 0.1) is 13.8 Å². The average molecular weight is 389 g/mol. The van der Waals surface area contributed by atoms with Crippen molar-refractivity contribution >= 4 is 33.4 Å². The summed E-state index contributed by atoms with van der Waals surface area (Å²) in [7, 11) is 0. The van der Waals surface area contributed by atoms with E-state index >= 15 is 0 Å². The highest BCUT2D eigenvalue weighted by atomic mass is 32.1. The molecule has 0 saturated carbocycles. The number of ether oxygens (including phenoxy) is 1. The topological polar surface area (TPSA) is 103 Å². The number of esters is 1. The van der Waals surface area contributed by atoms with Crippen LogP contribution < -0.4 is 10.9 Å². The molecule has 1 amide bonds. The molecule has 0 fully saturated rings. The highest BCUT2D eigenvalue weighted by molar-refractivity contribution is 7.18. The Morgan fingerprint density at radius 1 is 1.41 bits per heavy atom. The molecular formula is C18H19N3O5S. The molecule has 0 spiro atoms. The second-order valence-corrected chi connectivity index (χ2v) is 7.31. The van der Waals surface area contributed by atoms with Crippen LogP contribution in [0.5, 0.6) is 0 Å². The van der Waals surface area contributed by atoms with Crippen LogP contribution in [0.25, 0.3) is 10.2 Å². The normalized spacial score (nSPS) is 12.1. The Hall–Kier alpha value is -2.94. The third-order valence-corrected chi connectivity index (χ3v) is 5.28. The van der Waals surface area contributed by atoms with Gasteiger partial charge in [0.05, 0.1) is 24.0 Å². The van der Waals surface area contributed by atoms with E-state index in [9.17, 15) is 14.4 Å². The van der Waals surface area contributed by atoms with Crippen molar-refractivity contribution in [2.24, 2.45) is 0 Å². The Kier molecular flexibility index (Phi) is 5.41. The number of carbonyl (C=O) groups is 2. The number of fused-ring (bicyclic) bond motifs is 1. The number of amides is 1. The minimum atomic E-state index is -0.691. The molecule has 27 heavy (non-hydrogen) atoms. The summed E-state index contributed by atoms with van der Waals surface area (Å²) in [5.41, 5.74) is 0.566. The zero-order valence-electron chi connectivity index (χ0n) is 15.1. The SMILES string of the molecule is Cc1sc2ncn(CC(=O)OCC(=O)N[C@@H](C)c3ccco3)c(=O)c2c1C. The molecule has 0 aromatic carbocycles. The fourth-order valence-corrected chi connectivity index (χ4v) is 3.59. The second kappa shape index (κ2) is 7.75. The molecule has 0 saturated heterocycles. The van der Waals surface area contributed by atoms with E-state index in [1.165, 1.54) is 28.5 Å². The van der Waals surface area contributed by atoms with E-state index in [2.05, 4.69) is 10.3 Å². The maximum Gasteiger partial charge on any atom is 0.326 e. The molecule has 0 radical (unpaired) electrons. The van der Waals surface area contributed by atoms with Crippen molar-refractivity contribution in [1.82, 2.24) is 14.9 Å². The number of aromatic nitrogens is 2. The summed E-state index contributed by atoms with van der Waals surface area (Å²) in [4.78, 5) is 42.3. The molecule has 0 bridgehead atoms. The minimum absolute atomic E-state index is 0.297. The average Bonchev–Trinajstić information content (AvgIpc) is 3.25. The first-order valence-corrected chi connectivity index (χ1v) is 9.12. The number of hydrogen-bond donors (Lipinski definition) is 1. The third kappa shape index (κ3) is 4.08. The summed E-state index contributed by atoms with van der Waals surface area (Å²) in [6, 6.07) is 3.11. The number of nitrogens with one attached hydrogen (secondary N) is 1. The second-order valence-electron chi connectivity index (χ2n) is 6.11. The van der Waals surface area contributed by atoms with Crippen LogP contribution in [0.1, 0.15) is 29.2 Å². The molecule has 0 unspecified atom stereocenters. The predicted molar refractivity (Wildman–Crippen MR) is 99.6 cm³/mol. The third-order valence-electron chi connectivity index (χ3n) is 4.17. The lowest BCUT2D eigenvalue weighted by Crippen LogP contribution is -2.32. The largest absolute Gasteiger partial charge is 0.467 e. The van der Waals surface area contributed by atoms with Crippen molar-refractivity contribution in [1.29, 1.82) is 0 Å². The van der Waals surface area contributed by atoms with Gasteiger partial charge in [0.2, 0.25) is 0 Å². The molecule has 0 aliphatic heterocycles. The number of nitrogens with zero attached hydrogens (tertiary/aromatic N) is 2. The first kappa shape index (κ1) is 18.8. The fraction of sp³-hybridized carbons (Fsp3) is 0.333. The van der Waals surface area contributed by atoms with Crippen molar-refractivity contribution in [3.63, 3.8) is 0 Å². The van der Waals surface area contributed by atoms with Gasteiger partial charge in [-0.15, -0.1) is 11.3 Å². The molecule has 1 atom stereocenters. The first-order chi connectivity index (χ1) is 12.9. The summed E-state index contributed by atoms with van der Waals surface area (Å²) in [6.07, 6.45) is 2.83. The Morgan fingerprint density at radius 2 is 2.19 bits per heavy atom. The summed E-state index contributed by atoms with van der Waals surface area (Å²) in [6.45, 7) is 4.78. The Balaban J connectivity index is 1.59. The zero-order valence-corrected chi connectivity index (χ0v) is 16.0. The van der Waals surface area contributed by atoms with Crippen molar-refractivity contribution in [2.45, 2.75) is 33.4 Å². The van der Waals surface area contributed by atoms with E-state index < -0.39 is 18.5 Å². The van der Waals surface area contributed by atoms with Crippen molar-refractivity contribution in [3.8, 4) is 0 Å². The Bertz CT molecular complexity index is 1040. The Labute approximate surface area is 158 Å². The highest BCUT2D eigenvalue weighted by Gasteiger charge is 2.16. The molecule has 3 aromatic rings. The summed E-state index contributed by atoms with van der Waals surface area (Å²) in [5, 5.41) is 3.17. The maximum atomic E-state index is 12.5. The number of furan rings is 1. The molecule has 142 valence electrons. The van der Waals surface area contributed by atoms with Gasteiger partial charge in [0.1, 0.15) is 17.1 Å². The van der Waals surface area contributed by atoms with E-state index in [1.54, 1.807) is 19.1 Å². The zero-order chi connectivity index (χ0) is 19.6. The van der Waals surface area contributed by atoms with Crippen LogP contribution >= 0.6 is 11.3 Å². The predicted octanol–water partition coefficient (Wildman–Crippen LogP) is 2.09. The summed E-state index contributed by atoms with van der Waals surface area (Å²) >= 11 is 1.44. The van der Waals surface area contributed by atoms with Crippen LogP contribution in [0.4, 0.5) is 0 Å². The van der Waals surface area contributed by atoms with Crippen LogP contribution in [0.15, 0.2) is 33.9 Å². The van der Waals surface area contributed by atoms with E-state index in [-0.39, 0.29) is 18.1 Å². The number of carbonyl (C=O) groups excluding carboxylic acids is 2. The lowest BCUT2D eigenvalue weighted by atomic mass is 10.2. The lowest BCUT2D eigenvalue weighted by molar-refractivity contribution is -0.149. The van der Waals surface area contributed by atoms with Gasteiger partial charge in [0.25, 0.3) is 11.5 Å². The van der Waals surface area contributed by atoms with Gasteiger partial charge in [-0.25, -0.2) is 4.98 Å². The lowest BCUT2D eigenvalue weighted by Gasteiger charge is -2.12. The van der Waals surface area contributed by atoms with Gasteiger partial charge in [0.15, 0.2) is 6.61 Å². The number of aryl methyl sites for hydroxylation is 2. The molecule has 0 aliphatic rings. The van der Waals surface area contributed by atoms with Crippen LogP contribution in [-0.4, -0.2) is 28.0 Å².